The highest BCUT2D eigenvalue weighted by atomic mass is 35.5. The Morgan fingerprint density at radius 1 is 1.20 bits per heavy atom. The SMILES string of the molecule is COc1c(C)cnc(CNc2c(C)cccc2Cl)c1C. The number of anilines is 1. The Balaban J connectivity index is 2.24. The molecule has 1 aromatic heterocycles. The van der Waals surface area contributed by atoms with E-state index in [0.717, 1.165) is 38.8 Å². The van der Waals surface area contributed by atoms with E-state index in [1.807, 2.05) is 45.2 Å². The average Bonchev–Trinajstić information content (AvgIpc) is 2.41. The zero-order chi connectivity index (χ0) is 14.7. The molecule has 0 fully saturated rings. The first-order valence-electron chi connectivity index (χ1n) is 6.52. The zero-order valence-corrected chi connectivity index (χ0v) is 13.0. The van der Waals surface area contributed by atoms with E-state index in [0.29, 0.717) is 6.54 Å². The quantitative estimate of drug-likeness (QED) is 0.912. The topological polar surface area (TPSA) is 34.1 Å². The van der Waals surface area contributed by atoms with Crippen molar-refractivity contribution in [2.75, 3.05) is 12.4 Å². The number of aryl methyl sites for hydroxylation is 2. The van der Waals surface area contributed by atoms with Crippen molar-refractivity contribution in [2.45, 2.75) is 27.3 Å². The van der Waals surface area contributed by atoms with E-state index in [9.17, 15) is 0 Å². The fraction of sp³-hybridized carbons (Fsp3) is 0.312. The maximum Gasteiger partial charge on any atom is 0.128 e. The molecule has 2 aromatic rings. The monoisotopic (exact) mass is 290 g/mol. The molecule has 2 rings (SSSR count). The van der Waals surface area contributed by atoms with Crippen molar-refractivity contribution in [1.82, 2.24) is 4.98 Å². The van der Waals surface area contributed by atoms with E-state index >= 15 is 0 Å². The van der Waals surface area contributed by atoms with Crippen LogP contribution in [0.15, 0.2) is 24.4 Å². The molecule has 0 aliphatic heterocycles. The van der Waals surface area contributed by atoms with Crippen molar-refractivity contribution >= 4 is 17.3 Å². The number of pyridine rings is 1. The molecular weight excluding hydrogens is 272 g/mol. The highest BCUT2D eigenvalue weighted by Crippen LogP contribution is 2.28. The van der Waals surface area contributed by atoms with Gasteiger partial charge in [-0.15, -0.1) is 0 Å². The van der Waals surface area contributed by atoms with E-state index in [1.165, 1.54) is 0 Å². The molecule has 0 radical (unpaired) electrons. The van der Waals surface area contributed by atoms with Crippen molar-refractivity contribution in [1.29, 1.82) is 0 Å². The fourth-order valence-corrected chi connectivity index (χ4v) is 2.57. The van der Waals surface area contributed by atoms with Gasteiger partial charge in [0.15, 0.2) is 0 Å². The molecule has 1 aromatic carbocycles. The first kappa shape index (κ1) is 14.7. The van der Waals surface area contributed by atoms with Crippen LogP contribution in [0.1, 0.15) is 22.4 Å². The van der Waals surface area contributed by atoms with Gasteiger partial charge in [-0.2, -0.15) is 0 Å². The predicted molar refractivity (Wildman–Crippen MR) is 83.8 cm³/mol. The lowest BCUT2D eigenvalue weighted by Crippen LogP contribution is -2.07. The van der Waals surface area contributed by atoms with E-state index in [2.05, 4.69) is 10.3 Å². The van der Waals surface area contributed by atoms with Crippen LogP contribution in [-0.4, -0.2) is 12.1 Å². The molecule has 0 aliphatic rings. The minimum Gasteiger partial charge on any atom is -0.496 e. The second-order valence-corrected chi connectivity index (χ2v) is 5.24. The van der Waals surface area contributed by atoms with Gasteiger partial charge in [0.05, 0.1) is 30.1 Å². The van der Waals surface area contributed by atoms with Crippen LogP contribution in [0.3, 0.4) is 0 Å². The van der Waals surface area contributed by atoms with Gasteiger partial charge in [0.2, 0.25) is 0 Å². The molecule has 0 saturated heterocycles. The van der Waals surface area contributed by atoms with Gasteiger partial charge in [0.25, 0.3) is 0 Å². The molecular formula is C16H19ClN2O. The summed E-state index contributed by atoms with van der Waals surface area (Å²) in [5.41, 5.74) is 5.14. The Morgan fingerprint density at radius 3 is 2.60 bits per heavy atom. The number of rotatable bonds is 4. The highest BCUT2D eigenvalue weighted by molar-refractivity contribution is 6.33. The van der Waals surface area contributed by atoms with Crippen LogP contribution in [0, 0.1) is 20.8 Å². The predicted octanol–water partition coefficient (Wildman–Crippen LogP) is 4.28. The van der Waals surface area contributed by atoms with Gasteiger partial charge < -0.3 is 10.1 Å². The largest absolute Gasteiger partial charge is 0.496 e. The molecule has 106 valence electrons. The summed E-state index contributed by atoms with van der Waals surface area (Å²) in [6.07, 6.45) is 1.84. The average molecular weight is 291 g/mol. The molecule has 0 unspecified atom stereocenters. The summed E-state index contributed by atoms with van der Waals surface area (Å²) >= 11 is 6.21. The Hall–Kier alpha value is -1.74. The summed E-state index contributed by atoms with van der Waals surface area (Å²) in [7, 11) is 1.69. The smallest absolute Gasteiger partial charge is 0.128 e. The van der Waals surface area contributed by atoms with Crippen LogP contribution < -0.4 is 10.1 Å². The van der Waals surface area contributed by atoms with Crippen LogP contribution in [0.5, 0.6) is 5.75 Å². The highest BCUT2D eigenvalue weighted by Gasteiger charge is 2.10. The molecule has 20 heavy (non-hydrogen) atoms. The van der Waals surface area contributed by atoms with Gasteiger partial charge in [-0.25, -0.2) is 0 Å². The summed E-state index contributed by atoms with van der Waals surface area (Å²) in [6, 6.07) is 5.86. The summed E-state index contributed by atoms with van der Waals surface area (Å²) < 4.78 is 5.42. The maximum atomic E-state index is 6.21. The molecule has 0 atom stereocenters. The van der Waals surface area contributed by atoms with Gasteiger partial charge in [-0.3, -0.25) is 4.98 Å². The normalized spacial score (nSPS) is 10.4. The molecule has 0 saturated carbocycles. The number of para-hydroxylation sites is 1. The van der Waals surface area contributed by atoms with Gasteiger partial charge >= 0.3 is 0 Å². The van der Waals surface area contributed by atoms with Gasteiger partial charge in [-0.05, 0) is 32.4 Å². The second-order valence-electron chi connectivity index (χ2n) is 4.83. The first-order chi connectivity index (χ1) is 9.54. The lowest BCUT2D eigenvalue weighted by atomic mass is 10.1. The number of ether oxygens (including phenoxy) is 1. The van der Waals surface area contributed by atoms with E-state index < -0.39 is 0 Å². The first-order valence-corrected chi connectivity index (χ1v) is 6.90. The lowest BCUT2D eigenvalue weighted by Gasteiger charge is -2.15. The summed E-state index contributed by atoms with van der Waals surface area (Å²) in [6.45, 7) is 6.67. The summed E-state index contributed by atoms with van der Waals surface area (Å²) in [4.78, 5) is 4.48. The van der Waals surface area contributed by atoms with Crippen molar-refractivity contribution < 1.29 is 4.74 Å². The Bertz CT molecular complexity index is 606. The summed E-state index contributed by atoms with van der Waals surface area (Å²) in [5.74, 6) is 0.896. The third-order valence-electron chi connectivity index (χ3n) is 3.40. The van der Waals surface area contributed by atoms with Gasteiger partial charge in [-0.1, -0.05) is 23.7 Å². The lowest BCUT2D eigenvalue weighted by molar-refractivity contribution is 0.407. The third-order valence-corrected chi connectivity index (χ3v) is 3.72. The molecule has 1 heterocycles. The van der Waals surface area contributed by atoms with Crippen molar-refractivity contribution in [3.05, 3.63) is 51.8 Å². The van der Waals surface area contributed by atoms with E-state index in [1.54, 1.807) is 7.11 Å². The number of nitrogens with one attached hydrogen (secondary N) is 1. The van der Waals surface area contributed by atoms with E-state index in [4.69, 9.17) is 16.3 Å². The van der Waals surface area contributed by atoms with Crippen molar-refractivity contribution in [2.24, 2.45) is 0 Å². The van der Waals surface area contributed by atoms with Crippen molar-refractivity contribution in [3.63, 3.8) is 0 Å². The Kier molecular flexibility index (Phi) is 4.50. The van der Waals surface area contributed by atoms with Crippen LogP contribution in [0.2, 0.25) is 5.02 Å². The number of hydrogen-bond donors (Lipinski definition) is 1. The van der Waals surface area contributed by atoms with E-state index in [-0.39, 0.29) is 0 Å². The van der Waals surface area contributed by atoms with Crippen LogP contribution in [-0.2, 0) is 6.54 Å². The minimum atomic E-state index is 0.618. The molecule has 4 heteroatoms. The van der Waals surface area contributed by atoms with Gasteiger partial charge in [0, 0.05) is 17.3 Å². The van der Waals surface area contributed by atoms with Crippen molar-refractivity contribution in [3.8, 4) is 5.75 Å². The standard InChI is InChI=1S/C16H19ClN2O/c1-10-6-5-7-13(17)15(10)19-9-14-12(3)16(20-4)11(2)8-18-14/h5-8,19H,9H2,1-4H3. The number of hydrogen-bond acceptors (Lipinski definition) is 3. The number of aromatic nitrogens is 1. The molecule has 0 aliphatic carbocycles. The van der Waals surface area contributed by atoms with Crippen LogP contribution in [0.4, 0.5) is 5.69 Å². The number of benzene rings is 1. The summed E-state index contributed by atoms with van der Waals surface area (Å²) in [5, 5.41) is 4.08. The number of methoxy groups -OCH3 is 1. The Morgan fingerprint density at radius 2 is 1.95 bits per heavy atom. The molecule has 1 N–H and O–H groups in total. The molecule has 0 bridgehead atoms. The number of nitrogens with zero attached hydrogens (tertiary/aromatic N) is 1. The third kappa shape index (κ3) is 2.88. The second kappa shape index (κ2) is 6.14. The molecule has 0 amide bonds. The van der Waals surface area contributed by atoms with Crippen LogP contribution in [0.25, 0.3) is 0 Å². The van der Waals surface area contributed by atoms with Crippen LogP contribution >= 0.6 is 11.6 Å². The number of halogens is 1. The molecule has 3 nitrogen and oxygen atoms in total. The minimum absolute atomic E-state index is 0.618. The Labute approximate surface area is 124 Å². The fourth-order valence-electron chi connectivity index (χ4n) is 2.28. The zero-order valence-electron chi connectivity index (χ0n) is 12.2. The molecule has 0 spiro atoms. The maximum absolute atomic E-state index is 6.21. The van der Waals surface area contributed by atoms with Gasteiger partial charge in [0.1, 0.15) is 5.75 Å².